The van der Waals surface area contributed by atoms with Crippen molar-refractivity contribution in [2.24, 2.45) is 0 Å². The summed E-state index contributed by atoms with van der Waals surface area (Å²) in [6.45, 7) is 1.41. The van der Waals surface area contributed by atoms with Crippen molar-refractivity contribution in [1.82, 2.24) is 29.7 Å². The third-order valence-corrected chi connectivity index (χ3v) is 7.29. The van der Waals surface area contributed by atoms with E-state index in [0.29, 0.717) is 44.5 Å². The summed E-state index contributed by atoms with van der Waals surface area (Å²) in [5.74, 6) is -0.0961. The van der Waals surface area contributed by atoms with Gasteiger partial charge in [-0.15, -0.1) is 0 Å². The SMILES string of the molecule is N#CCN1C[C@H](c2ccccc2)CC[C@@H](NC(=O)N2CCC(n3c(=O)[nH]c4ncccc43)CC2)C1=O. The van der Waals surface area contributed by atoms with E-state index >= 15 is 0 Å². The lowest BCUT2D eigenvalue weighted by Gasteiger charge is -2.33. The zero-order chi connectivity index (χ0) is 25.1. The van der Waals surface area contributed by atoms with Gasteiger partial charge in [0.05, 0.1) is 11.6 Å². The van der Waals surface area contributed by atoms with E-state index in [9.17, 15) is 19.6 Å². The first-order valence-electron chi connectivity index (χ1n) is 12.4. The van der Waals surface area contributed by atoms with Gasteiger partial charge in [0, 0.05) is 37.8 Å². The number of carbonyl (C=O) groups is 2. The molecule has 2 saturated heterocycles. The number of amides is 3. The molecule has 186 valence electrons. The van der Waals surface area contributed by atoms with E-state index in [0.717, 1.165) is 17.5 Å². The van der Waals surface area contributed by atoms with Crippen LogP contribution in [0.1, 0.15) is 43.2 Å². The van der Waals surface area contributed by atoms with Crippen LogP contribution in [0.15, 0.2) is 53.5 Å². The van der Waals surface area contributed by atoms with Crippen molar-refractivity contribution in [2.75, 3.05) is 26.2 Å². The fraction of sp³-hybridized carbons (Fsp3) is 0.423. The van der Waals surface area contributed by atoms with E-state index in [1.807, 2.05) is 36.4 Å². The lowest BCUT2D eigenvalue weighted by Crippen LogP contribution is -2.53. The quantitative estimate of drug-likeness (QED) is 0.546. The van der Waals surface area contributed by atoms with Crippen LogP contribution in [-0.4, -0.2) is 68.5 Å². The summed E-state index contributed by atoms with van der Waals surface area (Å²) in [5.41, 5.74) is 2.26. The van der Waals surface area contributed by atoms with Crippen molar-refractivity contribution < 1.29 is 9.59 Å². The van der Waals surface area contributed by atoms with Crippen LogP contribution < -0.4 is 11.0 Å². The Balaban J connectivity index is 1.23. The molecule has 2 aliphatic heterocycles. The molecule has 0 unspecified atom stereocenters. The molecule has 3 aromatic rings. The van der Waals surface area contributed by atoms with Crippen molar-refractivity contribution in [3.63, 3.8) is 0 Å². The minimum atomic E-state index is -0.667. The molecule has 10 heteroatoms. The van der Waals surface area contributed by atoms with Crippen molar-refractivity contribution in [3.05, 3.63) is 64.7 Å². The van der Waals surface area contributed by atoms with Crippen LogP contribution in [0.5, 0.6) is 0 Å². The third-order valence-electron chi connectivity index (χ3n) is 7.29. The number of aromatic amines is 1. The summed E-state index contributed by atoms with van der Waals surface area (Å²) in [6.07, 6.45) is 4.15. The van der Waals surface area contributed by atoms with Gasteiger partial charge in [-0.25, -0.2) is 14.6 Å². The topological polar surface area (TPSA) is 127 Å². The molecular formula is C26H29N7O3. The number of rotatable bonds is 4. The number of H-pyrrole nitrogens is 1. The molecule has 4 heterocycles. The number of imidazole rings is 1. The highest BCUT2D eigenvalue weighted by molar-refractivity contribution is 5.87. The average molecular weight is 488 g/mol. The summed E-state index contributed by atoms with van der Waals surface area (Å²) in [7, 11) is 0. The first kappa shape index (κ1) is 23.6. The zero-order valence-electron chi connectivity index (χ0n) is 20.0. The predicted molar refractivity (Wildman–Crippen MR) is 133 cm³/mol. The molecule has 1 aromatic carbocycles. The monoisotopic (exact) mass is 487 g/mol. The number of aromatic nitrogens is 3. The molecule has 5 rings (SSSR count). The number of piperidine rings is 1. The number of nitrogens with one attached hydrogen (secondary N) is 2. The summed E-state index contributed by atoms with van der Waals surface area (Å²) in [4.78, 5) is 49.1. The number of pyridine rings is 1. The summed E-state index contributed by atoms with van der Waals surface area (Å²) in [5, 5.41) is 12.2. The minimum Gasteiger partial charge on any atom is -0.327 e. The van der Waals surface area contributed by atoms with Gasteiger partial charge in [-0.1, -0.05) is 30.3 Å². The minimum absolute atomic E-state index is 0.00579. The fourth-order valence-corrected chi connectivity index (χ4v) is 5.41. The van der Waals surface area contributed by atoms with E-state index in [2.05, 4.69) is 21.4 Å². The molecule has 2 aromatic heterocycles. The summed E-state index contributed by atoms with van der Waals surface area (Å²) < 4.78 is 1.73. The number of likely N-dealkylation sites (tertiary alicyclic amines) is 2. The Morgan fingerprint density at radius 3 is 2.61 bits per heavy atom. The molecule has 2 fully saturated rings. The number of hydrogen-bond donors (Lipinski definition) is 2. The number of urea groups is 1. The predicted octanol–water partition coefficient (Wildman–Crippen LogP) is 2.37. The molecule has 0 saturated carbocycles. The fourth-order valence-electron chi connectivity index (χ4n) is 5.41. The number of fused-ring (bicyclic) bond motifs is 1. The van der Waals surface area contributed by atoms with Crippen LogP contribution >= 0.6 is 0 Å². The van der Waals surface area contributed by atoms with E-state index in [4.69, 9.17) is 0 Å². The van der Waals surface area contributed by atoms with Gasteiger partial charge < -0.3 is 15.1 Å². The molecule has 2 atom stereocenters. The Morgan fingerprint density at radius 1 is 1.08 bits per heavy atom. The van der Waals surface area contributed by atoms with E-state index < -0.39 is 6.04 Å². The largest absolute Gasteiger partial charge is 0.327 e. The van der Waals surface area contributed by atoms with Crippen LogP contribution in [0.3, 0.4) is 0 Å². The molecule has 2 aliphatic rings. The van der Waals surface area contributed by atoms with Crippen molar-refractivity contribution >= 4 is 23.1 Å². The van der Waals surface area contributed by atoms with E-state index in [-0.39, 0.29) is 36.1 Å². The zero-order valence-corrected chi connectivity index (χ0v) is 20.0. The molecule has 0 aliphatic carbocycles. The first-order valence-corrected chi connectivity index (χ1v) is 12.4. The molecule has 0 radical (unpaired) electrons. The number of carbonyl (C=O) groups excluding carboxylic acids is 2. The number of benzene rings is 1. The van der Waals surface area contributed by atoms with Crippen LogP contribution in [0.25, 0.3) is 11.2 Å². The van der Waals surface area contributed by atoms with Gasteiger partial charge in [0.2, 0.25) is 5.91 Å². The molecule has 2 N–H and O–H groups in total. The Hall–Kier alpha value is -4.13. The Labute approximate surface area is 208 Å². The van der Waals surface area contributed by atoms with E-state index in [1.165, 1.54) is 0 Å². The molecule has 36 heavy (non-hydrogen) atoms. The van der Waals surface area contributed by atoms with Crippen molar-refractivity contribution in [1.29, 1.82) is 5.26 Å². The van der Waals surface area contributed by atoms with Crippen molar-refractivity contribution in [2.45, 2.75) is 43.7 Å². The van der Waals surface area contributed by atoms with Crippen LogP contribution in [0.2, 0.25) is 0 Å². The van der Waals surface area contributed by atoms with Crippen molar-refractivity contribution in [3.8, 4) is 6.07 Å². The maximum Gasteiger partial charge on any atom is 0.327 e. The summed E-state index contributed by atoms with van der Waals surface area (Å²) >= 11 is 0. The smallest absolute Gasteiger partial charge is 0.327 e. The normalized spacial score (nSPS) is 21.2. The van der Waals surface area contributed by atoms with Crippen LogP contribution in [0.4, 0.5) is 4.79 Å². The second-order valence-electron chi connectivity index (χ2n) is 9.45. The lowest BCUT2D eigenvalue weighted by atomic mass is 9.94. The molecule has 0 bridgehead atoms. The maximum atomic E-state index is 13.2. The third kappa shape index (κ3) is 4.69. The maximum absolute atomic E-state index is 13.2. The van der Waals surface area contributed by atoms with Gasteiger partial charge in [0.1, 0.15) is 12.6 Å². The highest BCUT2D eigenvalue weighted by atomic mass is 16.2. The Bertz CT molecular complexity index is 1330. The molecule has 10 nitrogen and oxygen atoms in total. The average Bonchev–Trinajstić information content (AvgIpc) is 3.17. The number of nitrogens with zero attached hydrogens (tertiary/aromatic N) is 5. The highest BCUT2D eigenvalue weighted by Crippen LogP contribution is 2.28. The second kappa shape index (κ2) is 10.2. The van der Waals surface area contributed by atoms with Gasteiger partial charge in [-0.3, -0.25) is 14.3 Å². The van der Waals surface area contributed by atoms with E-state index in [1.54, 1.807) is 26.6 Å². The second-order valence-corrected chi connectivity index (χ2v) is 9.45. The summed E-state index contributed by atoms with van der Waals surface area (Å²) in [6, 6.07) is 14.8. The van der Waals surface area contributed by atoms with Gasteiger partial charge in [-0.2, -0.15) is 5.26 Å². The Morgan fingerprint density at radius 2 is 1.86 bits per heavy atom. The molecule has 3 amide bonds. The van der Waals surface area contributed by atoms with Gasteiger partial charge >= 0.3 is 11.7 Å². The highest BCUT2D eigenvalue weighted by Gasteiger charge is 2.34. The standard InChI is InChI=1S/C26H29N7O3/c27-12-16-32-17-19(18-5-2-1-3-6-18)8-9-21(24(32)34)29-25(35)31-14-10-20(11-15-31)33-22-7-4-13-28-23(22)30-26(33)36/h1-7,13,19-21H,8-11,14-17H2,(H,29,35)(H,28,30,36)/t19-,21-/m1/s1. The van der Waals surface area contributed by atoms with Gasteiger partial charge in [-0.05, 0) is 43.4 Å². The Kier molecular flexibility index (Phi) is 6.71. The van der Waals surface area contributed by atoms with Crippen LogP contribution in [0, 0.1) is 11.3 Å². The number of hydrogen-bond acceptors (Lipinski definition) is 5. The lowest BCUT2D eigenvalue weighted by molar-refractivity contribution is -0.132. The van der Waals surface area contributed by atoms with Gasteiger partial charge in [0.15, 0.2) is 5.65 Å². The van der Waals surface area contributed by atoms with Gasteiger partial charge in [0.25, 0.3) is 0 Å². The molecular weight excluding hydrogens is 458 g/mol. The molecule has 0 spiro atoms. The number of nitriles is 1. The van der Waals surface area contributed by atoms with Crippen LogP contribution in [-0.2, 0) is 4.79 Å². The first-order chi connectivity index (χ1) is 17.5.